The number of phenols is 2. The largest absolute Gasteiger partial charge is 0.508 e. The maximum atomic E-state index is 9.83. The molecule has 0 amide bonds. The number of phenolic OH excluding ortho intramolecular Hbond substituents is 2. The van der Waals surface area contributed by atoms with Crippen LogP contribution in [-0.2, 0) is 0 Å². The van der Waals surface area contributed by atoms with Crippen LogP contribution in [0.25, 0.3) is 0 Å². The molecule has 1 aromatic carbocycles. The smallest absolute Gasteiger partial charge is 0.120 e. The molecule has 2 rings (SSSR count). The number of likely N-dealkylation sites (tertiary alicyclic amines) is 1. The molecule has 0 aromatic heterocycles. The summed E-state index contributed by atoms with van der Waals surface area (Å²) in [7, 11) is 2.18. The van der Waals surface area contributed by atoms with Crippen LogP contribution in [-0.4, -0.2) is 41.8 Å². The topological polar surface area (TPSA) is 55.7 Å². The van der Waals surface area contributed by atoms with Gasteiger partial charge in [0.05, 0.1) is 0 Å². The van der Waals surface area contributed by atoms with Gasteiger partial charge < -0.3 is 20.4 Å². The van der Waals surface area contributed by atoms with Crippen LogP contribution in [0, 0.1) is 5.92 Å². The lowest BCUT2D eigenvalue weighted by molar-refractivity contribution is 0.210. The zero-order chi connectivity index (χ0) is 14.5. The first-order chi connectivity index (χ1) is 9.56. The van der Waals surface area contributed by atoms with Crippen LogP contribution in [0.2, 0.25) is 0 Å². The summed E-state index contributed by atoms with van der Waals surface area (Å²) in [6.45, 7) is 5.37. The van der Waals surface area contributed by atoms with Crippen molar-refractivity contribution in [3.63, 3.8) is 0 Å². The van der Waals surface area contributed by atoms with E-state index in [0.717, 1.165) is 18.0 Å². The van der Waals surface area contributed by atoms with Gasteiger partial charge in [-0.15, -0.1) is 0 Å². The highest BCUT2D eigenvalue weighted by molar-refractivity contribution is 5.40. The molecule has 1 aliphatic heterocycles. The van der Waals surface area contributed by atoms with Gasteiger partial charge in [0.15, 0.2) is 0 Å². The Morgan fingerprint density at radius 1 is 1.30 bits per heavy atom. The molecule has 1 fully saturated rings. The first-order valence-electron chi connectivity index (χ1n) is 7.50. The first kappa shape index (κ1) is 15.1. The van der Waals surface area contributed by atoms with Gasteiger partial charge >= 0.3 is 0 Å². The summed E-state index contributed by atoms with van der Waals surface area (Å²) in [5, 5.41) is 22.8. The summed E-state index contributed by atoms with van der Waals surface area (Å²) >= 11 is 0. The fraction of sp³-hybridized carbons (Fsp3) is 0.625. The van der Waals surface area contributed by atoms with Crippen LogP contribution in [0.15, 0.2) is 18.2 Å². The fourth-order valence-electron chi connectivity index (χ4n) is 2.85. The molecule has 0 bridgehead atoms. The van der Waals surface area contributed by atoms with Crippen molar-refractivity contribution in [3.8, 4) is 11.5 Å². The molecule has 0 spiro atoms. The van der Waals surface area contributed by atoms with Crippen molar-refractivity contribution < 1.29 is 10.2 Å². The number of nitrogens with one attached hydrogen (secondary N) is 1. The van der Waals surface area contributed by atoms with E-state index in [2.05, 4.69) is 17.3 Å². The van der Waals surface area contributed by atoms with Gasteiger partial charge in [0.25, 0.3) is 0 Å². The van der Waals surface area contributed by atoms with E-state index in [9.17, 15) is 10.2 Å². The maximum absolute atomic E-state index is 9.83. The molecule has 0 radical (unpaired) electrons. The zero-order valence-electron chi connectivity index (χ0n) is 12.5. The van der Waals surface area contributed by atoms with E-state index in [0.29, 0.717) is 0 Å². The van der Waals surface area contributed by atoms with E-state index < -0.39 is 0 Å². The van der Waals surface area contributed by atoms with E-state index in [1.54, 1.807) is 12.1 Å². The molecule has 1 aliphatic rings. The standard InChI is InChI=1S/C16H26N2O2/c1-12(15-11-14(19)3-4-16(15)20)17-8-5-13-6-9-18(2)10-7-13/h3-4,11-13,17,19-20H,5-10H2,1-2H3. The summed E-state index contributed by atoms with van der Waals surface area (Å²) in [6.07, 6.45) is 3.74. The van der Waals surface area contributed by atoms with Crippen molar-refractivity contribution in [1.82, 2.24) is 10.2 Å². The monoisotopic (exact) mass is 278 g/mol. The average Bonchev–Trinajstić information content (AvgIpc) is 2.43. The van der Waals surface area contributed by atoms with Crippen molar-refractivity contribution >= 4 is 0 Å². The normalized spacial score (nSPS) is 19.1. The molecule has 1 saturated heterocycles. The molecule has 3 N–H and O–H groups in total. The van der Waals surface area contributed by atoms with Crippen molar-refractivity contribution in [2.24, 2.45) is 5.92 Å². The molecule has 4 heteroatoms. The summed E-state index contributed by atoms with van der Waals surface area (Å²) < 4.78 is 0. The Hall–Kier alpha value is -1.26. The highest BCUT2D eigenvalue weighted by atomic mass is 16.3. The van der Waals surface area contributed by atoms with Crippen molar-refractivity contribution in [2.45, 2.75) is 32.2 Å². The van der Waals surface area contributed by atoms with Crippen molar-refractivity contribution in [1.29, 1.82) is 0 Å². The Kier molecular flexibility index (Phi) is 5.26. The van der Waals surface area contributed by atoms with Crippen molar-refractivity contribution in [2.75, 3.05) is 26.7 Å². The summed E-state index contributed by atoms with van der Waals surface area (Å²) in [4.78, 5) is 2.39. The van der Waals surface area contributed by atoms with Crippen LogP contribution < -0.4 is 5.32 Å². The summed E-state index contributed by atoms with van der Waals surface area (Å²) in [5.41, 5.74) is 0.758. The van der Waals surface area contributed by atoms with E-state index in [1.165, 1.54) is 38.4 Å². The van der Waals surface area contributed by atoms with E-state index in [-0.39, 0.29) is 17.5 Å². The van der Waals surface area contributed by atoms with Crippen LogP contribution in [0.5, 0.6) is 11.5 Å². The molecule has 0 aliphatic carbocycles. The summed E-state index contributed by atoms with van der Waals surface area (Å²) in [5.74, 6) is 1.24. The molecule has 1 atom stereocenters. The minimum Gasteiger partial charge on any atom is -0.508 e. The lowest BCUT2D eigenvalue weighted by Crippen LogP contribution is -2.32. The van der Waals surface area contributed by atoms with Gasteiger partial charge in [0.1, 0.15) is 11.5 Å². The third-order valence-electron chi connectivity index (χ3n) is 4.32. The Balaban J connectivity index is 1.77. The van der Waals surface area contributed by atoms with Crippen LogP contribution in [0.1, 0.15) is 37.8 Å². The van der Waals surface area contributed by atoms with Gasteiger partial charge in [0, 0.05) is 11.6 Å². The number of piperidine rings is 1. The Morgan fingerprint density at radius 3 is 2.70 bits per heavy atom. The average molecular weight is 278 g/mol. The van der Waals surface area contributed by atoms with Crippen LogP contribution >= 0.6 is 0 Å². The second-order valence-corrected chi connectivity index (χ2v) is 5.95. The molecule has 1 unspecified atom stereocenters. The first-order valence-corrected chi connectivity index (χ1v) is 7.50. The van der Waals surface area contributed by atoms with E-state index in [1.807, 2.05) is 6.92 Å². The highest BCUT2D eigenvalue weighted by Gasteiger charge is 2.17. The number of aromatic hydroxyl groups is 2. The minimum atomic E-state index is 0.0494. The summed E-state index contributed by atoms with van der Waals surface area (Å²) in [6, 6.07) is 4.72. The van der Waals surface area contributed by atoms with Gasteiger partial charge in [-0.1, -0.05) is 0 Å². The van der Waals surface area contributed by atoms with Gasteiger partial charge in [-0.05, 0) is 77.0 Å². The number of benzene rings is 1. The molecule has 1 heterocycles. The highest BCUT2D eigenvalue weighted by Crippen LogP contribution is 2.28. The molecular formula is C16H26N2O2. The second kappa shape index (κ2) is 6.95. The maximum Gasteiger partial charge on any atom is 0.120 e. The Bertz CT molecular complexity index is 428. The zero-order valence-corrected chi connectivity index (χ0v) is 12.5. The molecular weight excluding hydrogens is 252 g/mol. The van der Waals surface area contributed by atoms with Crippen LogP contribution in [0.3, 0.4) is 0 Å². The third-order valence-corrected chi connectivity index (χ3v) is 4.32. The fourth-order valence-corrected chi connectivity index (χ4v) is 2.85. The minimum absolute atomic E-state index is 0.0494. The number of rotatable bonds is 5. The third kappa shape index (κ3) is 4.12. The van der Waals surface area contributed by atoms with Gasteiger partial charge in [-0.2, -0.15) is 0 Å². The van der Waals surface area contributed by atoms with Crippen molar-refractivity contribution in [3.05, 3.63) is 23.8 Å². The molecule has 4 nitrogen and oxygen atoms in total. The predicted octanol–water partition coefficient (Wildman–Crippen LogP) is 2.48. The molecule has 1 aromatic rings. The second-order valence-electron chi connectivity index (χ2n) is 5.95. The number of hydrogen-bond acceptors (Lipinski definition) is 4. The quantitative estimate of drug-likeness (QED) is 0.724. The Labute approximate surface area is 121 Å². The molecule has 0 saturated carbocycles. The van der Waals surface area contributed by atoms with Gasteiger partial charge in [0.2, 0.25) is 0 Å². The SMILES string of the molecule is CC(NCCC1CCN(C)CC1)c1cc(O)ccc1O. The van der Waals surface area contributed by atoms with Crippen LogP contribution in [0.4, 0.5) is 0 Å². The lowest BCUT2D eigenvalue weighted by atomic mass is 9.93. The van der Waals surface area contributed by atoms with E-state index >= 15 is 0 Å². The Morgan fingerprint density at radius 2 is 2.00 bits per heavy atom. The molecule has 112 valence electrons. The van der Waals surface area contributed by atoms with E-state index in [4.69, 9.17) is 0 Å². The predicted molar refractivity (Wildman–Crippen MR) is 81.0 cm³/mol. The molecule has 20 heavy (non-hydrogen) atoms. The number of nitrogens with zero attached hydrogens (tertiary/aromatic N) is 1. The lowest BCUT2D eigenvalue weighted by Gasteiger charge is -2.29. The number of hydrogen-bond donors (Lipinski definition) is 3. The van der Waals surface area contributed by atoms with Gasteiger partial charge in [-0.25, -0.2) is 0 Å². The van der Waals surface area contributed by atoms with Gasteiger partial charge in [-0.3, -0.25) is 0 Å².